The van der Waals surface area contributed by atoms with Gasteiger partial charge in [-0.25, -0.2) is 0 Å². The highest BCUT2D eigenvalue weighted by molar-refractivity contribution is 9.10. The summed E-state index contributed by atoms with van der Waals surface area (Å²) in [5.41, 5.74) is 6.63. The van der Waals surface area contributed by atoms with E-state index in [1.807, 2.05) is 6.92 Å². The summed E-state index contributed by atoms with van der Waals surface area (Å²) in [5, 5.41) is 0. The van der Waals surface area contributed by atoms with Gasteiger partial charge in [-0.05, 0) is 42.7 Å². The Bertz CT molecular complexity index is 268. The summed E-state index contributed by atoms with van der Waals surface area (Å²) in [5.74, 6) is 2.02. The predicted molar refractivity (Wildman–Crippen MR) is 53.3 cm³/mol. The maximum absolute atomic E-state index is 5.54. The normalized spacial score (nSPS) is 10.7. The Hall–Kier alpha value is -0.280. The van der Waals surface area contributed by atoms with Crippen LogP contribution in [0.4, 0.5) is 0 Å². The minimum atomic E-state index is 0.719. The number of hydrogen-bond donors (Lipinski definition) is 1. The molecule has 3 heteroatoms. The lowest BCUT2D eigenvalue weighted by atomic mass is 10.2. The summed E-state index contributed by atoms with van der Waals surface area (Å²) in [6.07, 6.45) is 1.93. The summed E-state index contributed by atoms with van der Waals surface area (Å²) >= 11 is 3.47. The smallest absolute Gasteiger partial charge is 0.115 e. The van der Waals surface area contributed by atoms with Crippen molar-refractivity contribution in [3.63, 3.8) is 0 Å². The molecule has 0 spiro atoms. The number of aryl methyl sites for hydroxylation is 2. The van der Waals surface area contributed by atoms with Gasteiger partial charge >= 0.3 is 0 Å². The number of furan rings is 1. The fraction of sp³-hybridized carbons (Fsp3) is 0.556. The van der Waals surface area contributed by atoms with Gasteiger partial charge < -0.3 is 10.2 Å². The third-order valence-electron chi connectivity index (χ3n) is 1.94. The topological polar surface area (TPSA) is 39.2 Å². The molecule has 1 heterocycles. The van der Waals surface area contributed by atoms with Crippen LogP contribution >= 0.6 is 15.9 Å². The van der Waals surface area contributed by atoms with Gasteiger partial charge in [0.05, 0.1) is 4.47 Å². The fourth-order valence-corrected chi connectivity index (χ4v) is 1.50. The third kappa shape index (κ3) is 1.90. The first-order valence-electron chi connectivity index (χ1n) is 4.11. The van der Waals surface area contributed by atoms with Crippen LogP contribution in [-0.4, -0.2) is 6.54 Å². The third-order valence-corrected chi connectivity index (χ3v) is 3.09. The Kier molecular flexibility index (Phi) is 3.35. The van der Waals surface area contributed by atoms with Crippen molar-refractivity contribution in [2.24, 2.45) is 5.73 Å². The van der Waals surface area contributed by atoms with Crippen molar-refractivity contribution in [1.82, 2.24) is 0 Å². The van der Waals surface area contributed by atoms with E-state index in [2.05, 4.69) is 22.9 Å². The van der Waals surface area contributed by atoms with Gasteiger partial charge in [-0.1, -0.05) is 0 Å². The molecule has 0 fully saturated rings. The highest BCUT2D eigenvalue weighted by atomic mass is 79.9. The first-order valence-corrected chi connectivity index (χ1v) is 4.90. The Labute approximate surface area is 81.3 Å². The van der Waals surface area contributed by atoms with Gasteiger partial charge in [-0.15, -0.1) is 0 Å². The molecule has 1 aromatic rings. The summed E-state index contributed by atoms with van der Waals surface area (Å²) in [4.78, 5) is 0. The standard InChI is InChI=1S/C9H14BrNO/c1-6-8(4-3-5-11)12-7(2)9(6)10/h3-5,11H2,1-2H3. The molecule has 0 radical (unpaired) electrons. The van der Waals surface area contributed by atoms with E-state index in [0.717, 1.165) is 35.4 Å². The first-order chi connectivity index (χ1) is 5.66. The quantitative estimate of drug-likeness (QED) is 0.869. The van der Waals surface area contributed by atoms with Gasteiger partial charge in [0.15, 0.2) is 0 Å². The molecule has 0 atom stereocenters. The lowest BCUT2D eigenvalue weighted by molar-refractivity contribution is 0.475. The highest BCUT2D eigenvalue weighted by Crippen LogP contribution is 2.27. The van der Waals surface area contributed by atoms with Crippen molar-refractivity contribution >= 4 is 15.9 Å². The largest absolute Gasteiger partial charge is 0.465 e. The molecule has 0 saturated carbocycles. The van der Waals surface area contributed by atoms with Crippen LogP contribution in [0.1, 0.15) is 23.5 Å². The zero-order valence-electron chi connectivity index (χ0n) is 7.48. The van der Waals surface area contributed by atoms with E-state index >= 15 is 0 Å². The molecule has 0 aliphatic carbocycles. The van der Waals surface area contributed by atoms with Gasteiger partial charge in [-0.2, -0.15) is 0 Å². The summed E-state index contributed by atoms with van der Waals surface area (Å²) in [6, 6.07) is 0. The Morgan fingerprint density at radius 1 is 1.42 bits per heavy atom. The van der Waals surface area contributed by atoms with E-state index in [0.29, 0.717) is 0 Å². The lowest BCUT2D eigenvalue weighted by Gasteiger charge is -1.95. The van der Waals surface area contributed by atoms with Gasteiger partial charge in [0.1, 0.15) is 11.5 Å². The Morgan fingerprint density at radius 3 is 2.50 bits per heavy atom. The van der Waals surface area contributed by atoms with Crippen molar-refractivity contribution < 1.29 is 4.42 Å². The number of hydrogen-bond acceptors (Lipinski definition) is 2. The minimum Gasteiger partial charge on any atom is -0.465 e. The summed E-state index contributed by atoms with van der Waals surface area (Å²) < 4.78 is 6.64. The number of halogens is 1. The van der Waals surface area contributed by atoms with Crippen molar-refractivity contribution in [2.75, 3.05) is 6.54 Å². The monoisotopic (exact) mass is 231 g/mol. The van der Waals surface area contributed by atoms with E-state index in [-0.39, 0.29) is 0 Å². The molecular weight excluding hydrogens is 218 g/mol. The lowest BCUT2D eigenvalue weighted by Crippen LogP contribution is -2.00. The zero-order chi connectivity index (χ0) is 9.14. The summed E-state index contributed by atoms with van der Waals surface area (Å²) in [6.45, 7) is 4.74. The van der Waals surface area contributed by atoms with E-state index in [4.69, 9.17) is 10.2 Å². The van der Waals surface area contributed by atoms with Crippen LogP contribution in [-0.2, 0) is 6.42 Å². The molecule has 0 aliphatic rings. The second kappa shape index (κ2) is 4.10. The van der Waals surface area contributed by atoms with E-state index in [1.54, 1.807) is 0 Å². The minimum absolute atomic E-state index is 0.719. The molecule has 12 heavy (non-hydrogen) atoms. The van der Waals surface area contributed by atoms with Crippen molar-refractivity contribution in [1.29, 1.82) is 0 Å². The van der Waals surface area contributed by atoms with Crippen LogP contribution < -0.4 is 5.73 Å². The van der Waals surface area contributed by atoms with Gasteiger partial charge in [0.25, 0.3) is 0 Å². The molecule has 2 nitrogen and oxygen atoms in total. The average Bonchev–Trinajstić information content (AvgIpc) is 2.30. The molecule has 68 valence electrons. The number of rotatable bonds is 3. The maximum Gasteiger partial charge on any atom is 0.115 e. The van der Waals surface area contributed by atoms with Gasteiger partial charge in [-0.3, -0.25) is 0 Å². The average molecular weight is 232 g/mol. The van der Waals surface area contributed by atoms with E-state index < -0.39 is 0 Å². The molecule has 0 aliphatic heterocycles. The van der Waals surface area contributed by atoms with Crippen LogP contribution in [0.15, 0.2) is 8.89 Å². The van der Waals surface area contributed by atoms with Crippen LogP contribution in [0.5, 0.6) is 0 Å². The van der Waals surface area contributed by atoms with E-state index in [9.17, 15) is 0 Å². The van der Waals surface area contributed by atoms with Gasteiger partial charge in [0, 0.05) is 12.0 Å². The second-order valence-electron chi connectivity index (χ2n) is 2.91. The number of nitrogens with two attached hydrogens (primary N) is 1. The molecule has 0 amide bonds. The Morgan fingerprint density at radius 2 is 2.08 bits per heavy atom. The highest BCUT2D eigenvalue weighted by Gasteiger charge is 2.10. The summed E-state index contributed by atoms with van der Waals surface area (Å²) in [7, 11) is 0. The molecule has 1 aromatic heterocycles. The Balaban J connectivity index is 2.79. The van der Waals surface area contributed by atoms with Crippen molar-refractivity contribution in [2.45, 2.75) is 26.7 Å². The van der Waals surface area contributed by atoms with Crippen LogP contribution in [0, 0.1) is 13.8 Å². The molecule has 2 N–H and O–H groups in total. The van der Waals surface area contributed by atoms with Crippen LogP contribution in [0.25, 0.3) is 0 Å². The van der Waals surface area contributed by atoms with E-state index in [1.165, 1.54) is 5.56 Å². The molecule has 0 aromatic carbocycles. The zero-order valence-corrected chi connectivity index (χ0v) is 9.07. The molecule has 0 saturated heterocycles. The van der Waals surface area contributed by atoms with Crippen LogP contribution in [0.3, 0.4) is 0 Å². The second-order valence-corrected chi connectivity index (χ2v) is 3.71. The molecular formula is C9H14BrNO. The molecule has 0 unspecified atom stereocenters. The van der Waals surface area contributed by atoms with Gasteiger partial charge in [0.2, 0.25) is 0 Å². The molecule has 0 bridgehead atoms. The maximum atomic E-state index is 5.54. The van der Waals surface area contributed by atoms with Crippen molar-refractivity contribution in [3.05, 3.63) is 21.6 Å². The predicted octanol–water partition coefficient (Wildman–Crippen LogP) is 2.55. The van der Waals surface area contributed by atoms with Crippen molar-refractivity contribution in [3.8, 4) is 0 Å². The first kappa shape index (κ1) is 9.81. The SMILES string of the molecule is Cc1oc(CCCN)c(C)c1Br. The van der Waals surface area contributed by atoms with Crippen LogP contribution in [0.2, 0.25) is 0 Å². The fourth-order valence-electron chi connectivity index (χ4n) is 1.19. The molecule has 1 rings (SSSR count).